The summed E-state index contributed by atoms with van der Waals surface area (Å²) in [6, 6.07) is 7.93. The molecule has 184 valence electrons. The number of aromatic nitrogens is 3. The van der Waals surface area contributed by atoms with Gasteiger partial charge in [-0.3, -0.25) is 14.3 Å². The van der Waals surface area contributed by atoms with Crippen molar-refractivity contribution >= 4 is 28.5 Å². The number of nitrogens with two attached hydrogens (primary N) is 1. The number of hydrogen-bond donors (Lipinski definition) is 1. The summed E-state index contributed by atoms with van der Waals surface area (Å²) in [5.74, 6) is -2.05. The molecule has 1 aromatic carbocycles. The third-order valence-electron chi connectivity index (χ3n) is 6.29. The largest absolute Gasteiger partial charge is 0.406 e. The Morgan fingerprint density at radius 1 is 1.17 bits per heavy atom. The summed E-state index contributed by atoms with van der Waals surface area (Å²) in [7, 11) is 0. The van der Waals surface area contributed by atoms with Gasteiger partial charge in [-0.15, -0.1) is 0 Å². The van der Waals surface area contributed by atoms with Gasteiger partial charge in [0.15, 0.2) is 5.82 Å². The van der Waals surface area contributed by atoms with Gasteiger partial charge in [-0.2, -0.15) is 18.3 Å². The van der Waals surface area contributed by atoms with Crippen molar-refractivity contribution < 1.29 is 27.2 Å². The highest BCUT2D eigenvalue weighted by Gasteiger charge is 2.41. The zero-order valence-electron chi connectivity index (χ0n) is 18.5. The molecule has 0 unspecified atom stereocenters. The van der Waals surface area contributed by atoms with E-state index in [4.69, 9.17) is 5.73 Å². The van der Waals surface area contributed by atoms with Crippen LogP contribution in [-0.4, -0.2) is 68.2 Å². The van der Waals surface area contributed by atoms with Crippen LogP contribution >= 0.6 is 0 Å². The van der Waals surface area contributed by atoms with E-state index in [0.717, 1.165) is 16.5 Å². The number of nitrogens with zero attached hydrogens (tertiary/aromatic N) is 5. The highest BCUT2D eigenvalue weighted by Crippen LogP contribution is 2.34. The molecule has 5 rings (SSSR count). The average molecular weight is 490 g/mol. The standard InChI is InChI=1S/C23H22F4N6O2/c24-17-8-29-19(28)7-16(17)22(35)31-9-13(10-31)21-15-3-1-2-4-18(15)33(30-21)11-20(34)32(14-5-6-14)12-23(25,26)27/h1-4,7-8,13-14H,5-6,9-12H2,(H2,28,29). The maximum Gasteiger partial charge on any atom is 0.406 e. The molecular formula is C23H22F4N6O2. The molecular weight excluding hydrogens is 468 g/mol. The zero-order valence-corrected chi connectivity index (χ0v) is 18.5. The van der Waals surface area contributed by atoms with Crippen molar-refractivity contribution in [2.45, 2.75) is 37.5 Å². The second kappa shape index (κ2) is 8.51. The molecule has 2 amide bonds. The summed E-state index contributed by atoms with van der Waals surface area (Å²) in [5.41, 5.74) is 6.67. The summed E-state index contributed by atoms with van der Waals surface area (Å²) in [6.07, 6.45) is -2.46. The monoisotopic (exact) mass is 490 g/mol. The maximum absolute atomic E-state index is 14.0. The smallest absolute Gasteiger partial charge is 0.384 e. The molecule has 1 aliphatic carbocycles. The lowest BCUT2D eigenvalue weighted by atomic mass is 9.93. The molecule has 1 saturated heterocycles. The molecule has 1 aliphatic heterocycles. The average Bonchev–Trinajstić information content (AvgIpc) is 3.55. The summed E-state index contributed by atoms with van der Waals surface area (Å²) in [5, 5.41) is 5.31. The van der Waals surface area contributed by atoms with Crippen LogP contribution in [-0.2, 0) is 11.3 Å². The number of rotatable bonds is 6. The van der Waals surface area contributed by atoms with E-state index in [1.54, 1.807) is 18.2 Å². The van der Waals surface area contributed by atoms with Gasteiger partial charge in [0.25, 0.3) is 5.91 Å². The van der Waals surface area contributed by atoms with Crippen LogP contribution in [0.1, 0.15) is 34.8 Å². The number of hydrogen-bond acceptors (Lipinski definition) is 5. The molecule has 3 heterocycles. The second-order valence-electron chi connectivity index (χ2n) is 8.92. The van der Waals surface area contributed by atoms with Gasteiger partial charge in [0, 0.05) is 30.4 Å². The van der Waals surface area contributed by atoms with Gasteiger partial charge in [0.2, 0.25) is 5.91 Å². The molecule has 2 fully saturated rings. The maximum atomic E-state index is 14.0. The van der Waals surface area contributed by atoms with E-state index in [2.05, 4.69) is 10.1 Å². The Hall–Kier alpha value is -3.70. The highest BCUT2D eigenvalue weighted by atomic mass is 19.4. The van der Waals surface area contributed by atoms with Crippen LogP contribution in [0.2, 0.25) is 0 Å². The molecule has 2 aliphatic rings. The van der Waals surface area contributed by atoms with Crippen molar-refractivity contribution in [3.8, 4) is 0 Å². The molecule has 12 heteroatoms. The van der Waals surface area contributed by atoms with E-state index in [1.807, 2.05) is 6.07 Å². The third kappa shape index (κ3) is 4.64. The molecule has 3 aromatic rings. The molecule has 0 spiro atoms. The number of halogens is 4. The Balaban J connectivity index is 1.34. The van der Waals surface area contributed by atoms with Gasteiger partial charge < -0.3 is 15.5 Å². The number of carbonyl (C=O) groups is 2. The van der Waals surface area contributed by atoms with Gasteiger partial charge in [0.1, 0.15) is 18.9 Å². The van der Waals surface area contributed by atoms with Crippen LogP contribution in [0, 0.1) is 5.82 Å². The SMILES string of the molecule is Nc1cc(C(=O)N2CC(c3nn(CC(=O)N(CC(F)(F)F)C4CC4)c4ccccc34)C2)c(F)cn1. The summed E-state index contributed by atoms with van der Waals surface area (Å²) >= 11 is 0. The number of anilines is 1. The Morgan fingerprint density at radius 2 is 1.89 bits per heavy atom. The third-order valence-corrected chi connectivity index (χ3v) is 6.29. The minimum Gasteiger partial charge on any atom is -0.384 e. The molecule has 35 heavy (non-hydrogen) atoms. The summed E-state index contributed by atoms with van der Waals surface area (Å²) < 4.78 is 54.5. The van der Waals surface area contributed by atoms with Crippen LogP contribution in [0.15, 0.2) is 36.5 Å². The van der Waals surface area contributed by atoms with Crippen LogP contribution < -0.4 is 5.73 Å². The van der Waals surface area contributed by atoms with Gasteiger partial charge in [-0.1, -0.05) is 18.2 Å². The fourth-order valence-electron chi connectivity index (χ4n) is 4.40. The van der Waals surface area contributed by atoms with E-state index >= 15 is 0 Å². The number of alkyl halides is 3. The first-order valence-electron chi connectivity index (χ1n) is 11.1. The fraction of sp³-hybridized carbons (Fsp3) is 0.391. The lowest BCUT2D eigenvalue weighted by Crippen LogP contribution is -2.49. The molecule has 2 N–H and O–H groups in total. The number of carbonyl (C=O) groups excluding carboxylic acids is 2. The number of para-hydroxylation sites is 1. The zero-order chi connectivity index (χ0) is 24.9. The quantitative estimate of drug-likeness (QED) is 0.536. The van der Waals surface area contributed by atoms with Crippen molar-refractivity contribution in [1.29, 1.82) is 0 Å². The van der Waals surface area contributed by atoms with Gasteiger partial charge >= 0.3 is 6.18 Å². The first-order chi connectivity index (χ1) is 16.6. The van der Waals surface area contributed by atoms with Gasteiger partial charge in [-0.25, -0.2) is 9.37 Å². The Labute approximate surface area is 197 Å². The molecule has 0 bridgehead atoms. The number of pyridine rings is 1. The second-order valence-corrected chi connectivity index (χ2v) is 8.92. The minimum absolute atomic E-state index is 0.0343. The summed E-state index contributed by atoms with van der Waals surface area (Å²) in [4.78, 5) is 31.4. The first-order valence-corrected chi connectivity index (χ1v) is 11.1. The molecule has 0 atom stereocenters. The highest BCUT2D eigenvalue weighted by molar-refractivity contribution is 5.96. The van der Waals surface area contributed by atoms with Crippen LogP contribution in [0.5, 0.6) is 0 Å². The minimum atomic E-state index is -4.48. The number of nitrogen functional groups attached to an aromatic ring is 1. The number of amides is 2. The lowest BCUT2D eigenvalue weighted by Gasteiger charge is -2.38. The van der Waals surface area contributed by atoms with Gasteiger partial charge in [0.05, 0.1) is 23.0 Å². The fourth-order valence-corrected chi connectivity index (χ4v) is 4.40. The van der Waals surface area contributed by atoms with Crippen molar-refractivity contribution in [2.75, 3.05) is 25.4 Å². The molecule has 0 radical (unpaired) electrons. The molecule has 2 aromatic heterocycles. The van der Waals surface area contributed by atoms with Gasteiger partial charge in [-0.05, 0) is 25.0 Å². The number of fused-ring (bicyclic) bond motifs is 1. The lowest BCUT2D eigenvalue weighted by molar-refractivity contribution is -0.162. The van der Waals surface area contributed by atoms with Crippen molar-refractivity contribution in [1.82, 2.24) is 24.6 Å². The molecule has 8 nitrogen and oxygen atoms in total. The van der Waals surface area contributed by atoms with E-state index < -0.39 is 30.4 Å². The predicted octanol–water partition coefficient (Wildman–Crippen LogP) is 2.95. The van der Waals surface area contributed by atoms with E-state index in [1.165, 1.54) is 15.6 Å². The van der Waals surface area contributed by atoms with E-state index in [9.17, 15) is 27.2 Å². The van der Waals surface area contributed by atoms with Crippen molar-refractivity contribution in [2.24, 2.45) is 0 Å². The van der Waals surface area contributed by atoms with Crippen LogP contribution in [0.3, 0.4) is 0 Å². The Bertz CT molecular complexity index is 1300. The Morgan fingerprint density at radius 3 is 2.57 bits per heavy atom. The topological polar surface area (TPSA) is 97.3 Å². The Kier molecular flexibility index (Phi) is 5.60. The van der Waals surface area contributed by atoms with Crippen molar-refractivity contribution in [3.05, 3.63) is 53.6 Å². The van der Waals surface area contributed by atoms with Crippen LogP contribution in [0.4, 0.5) is 23.4 Å². The first kappa shape index (κ1) is 23.1. The normalized spacial score (nSPS) is 16.4. The van der Waals surface area contributed by atoms with Crippen LogP contribution in [0.25, 0.3) is 10.9 Å². The summed E-state index contributed by atoms with van der Waals surface area (Å²) in [6.45, 7) is -1.04. The van der Waals surface area contributed by atoms with Crippen molar-refractivity contribution in [3.63, 3.8) is 0 Å². The number of likely N-dealkylation sites (tertiary alicyclic amines) is 1. The van der Waals surface area contributed by atoms with E-state index in [-0.39, 0.29) is 43.0 Å². The predicted molar refractivity (Wildman–Crippen MR) is 118 cm³/mol. The van der Waals surface area contributed by atoms with E-state index in [0.29, 0.717) is 24.1 Å². The number of benzene rings is 1. The molecule has 1 saturated carbocycles.